The van der Waals surface area contributed by atoms with E-state index in [-0.39, 0.29) is 31.9 Å². The number of aryl methyl sites for hydroxylation is 1. The summed E-state index contributed by atoms with van der Waals surface area (Å²) in [6, 6.07) is 10.4. The Morgan fingerprint density at radius 2 is 1.88 bits per heavy atom. The molecule has 3 rings (SSSR count). The Kier molecular flexibility index (Phi) is 11.0. The highest BCUT2D eigenvalue weighted by atomic mass is 16.6. The molecule has 0 spiro atoms. The molecule has 0 radical (unpaired) electrons. The van der Waals surface area contributed by atoms with Gasteiger partial charge in [0, 0.05) is 18.6 Å². The maximum absolute atomic E-state index is 10.7. The van der Waals surface area contributed by atoms with Gasteiger partial charge in [-0.2, -0.15) is 0 Å². The van der Waals surface area contributed by atoms with E-state index < -0.39 is 5.97 Å². The van der Waals surface area contributed by atoms with Crippen molar-refractivity contribution in [1.29, 1.82) is 0 Å². The molecule has 1 aromatic rings. The Morgan fingerprint density at radius 3 is 2.61 bits per heavy atom. The van der Waals surface area contributed by atoms with Gasteiger partial charge in [-0.15, -0.1) is 0 Å². The first-order valence-electron chi connectivity index (χ1n) is 13.0. The quantitative estimate of drug-likeness (QED) is 0.202. The van der Waals surface area contributed by atoms with Gasteiger partial charge in [-0.25, -0.2) is 0 Å². The number of benzene rings is 1. The molecule has 2 fully saturated rings. The molecular weight excluding hydrogens is 415 g/mol. The summed E-state index contributed by atoms with van der Waals surface area (Å²) < 4.78 is 12.7. The third-order valence-corrected chi connectivity index (χ3v) is 7.19. The summed E-state index contributed by atoms with van der Waals surface area (Å²) >= 11 is 0. The van der Waals surface area contributed by atoms with E-state index in [4.69, 9.17) is 14.4 Å². The van der Waals surface area contributed by atoms with Crippen LogP contribution in [0.5, 0.6) is 0 Å². The summed E-state index contributed by atoms with van der Waals surface area (Å²) in [7, 11) is -0.0937. The number of aliphatic hydroxyl groups excluding tert-OH is 1. The number of carboxylic acids is 1. The largest absolute Gasteiger partial charge is 0.481 e. The number of fused-ring (bicyclic) bond motifs is 2. The minimum atomic E-state index is -0.734. The molecular formula is C27H41BO5. The first-order chi connectivity index (χ1) is 16.1. The van der Waals surface area contributed by atoms with Gasteiger partial charge < -0.3 is 19.5 Å². The van der Waals surface area contributed by atoms with E-state index in [1.165, 1.54) is 5.56 Å². The molecule has 5 atom stereocenters. The second-order valence-corrected chi connectivity index (χ2v) is 9.73. The zero-order chi connectivity index (χ0) is 23.5. The van der Waals surface area contributed by atoms with Gasteiger partial charge in [0.2, 0.25) is 0 Å². The SMILES string of the molecule is CCCCB1O[C@H]2C[C@@H](O1)[C@H](CCC(O)CCc1ccccc1)[C@H]2CC=CCCCC(=O)O. The third-order valence-electron chi connectivity index (χ3n) is 7.19. The highest BCUT2D eigenvalue weighted by Crippen LogP contribution is 2.45. The van der Waals surface area contributed by atoms with E-state index >= 15 is 0 Å². The molecule has 33 heavy (non-hydrogen) atoms. The van der Waals surface area contributed by atoms with Gasteiger partial charge in [0.25, 0.3) is 0 Å². The molecule has 1 aliphatic carbocycles. The number of carboxylic acid groups (broad SMARTS) is 1. The maximum Gasteiger partial charge on any atom is 0.457 e. The van der Waals surface area contributed by atoms with Crippen LogP contribution in [0.2, 0.25) is 6.32 Å². The second kappa shape index (κ2) is 13.9. The van der Waals surface area contributed by atoms with Gasteiger partial charge in [-0.3, -0.25) is 4.79 Å². The van der Waals surface area contributed by atoms with Crippen LogP contribution in [-0.4, -0.2) is 41.6 Å². The molecule has 0 amide bonds. The van der Waals surface area contributed by atoms with Crippen LogP contribution in [0, 0.1) is 11.8 Å². The molecule has 1 unspecified atom stereocenters. The Morgan fingerprint density at radius 1 is 1.12 bits per heavy atom. The van der Waals surface area contributed by atoms with Crippen molar-refractivity contribution in [2.24, 2.45) is 11.8 Å². The lowest BCUT2D eigenvalue weighted by atomic mass is 9.80. The fraction of sp³-hybridized carbons (Fsp3) is 0.667. The topological polar surface area (TPSA) is 76.0 Å². The number of allylic oxidation sites excluding steroid dienone is 2. The van der Waals surface area contributed by atoms with Crippen molar-refractivity contribution < 1.29 is 24.3 Å². The van der Waals surface area contributed by atoms with E-state index in [1.807, 2.05) is 18.2 Å². The van der Waals surface area contributed by atoms with E-state index in [9.17, 15) is 9.90 Å². The minimum absolute atomic E-state index is 0.0937. The van der Waals surface area contributed by atoms with Crippen molar-refractivity contribution in [3.63, 3.8) is 0 Å². The number of hydrogen-bond acceptors (Lipinski definition) is 4. The van der Waals surface area contributed by atoms with E-state index in [0.717, 1.165) is 64.1 Å². The zero-order valence-electron chi connectivity index (χ0n) is 20.1. The lowest BCUT2D eigenvalue weighted by molar-refractivity contribution is -0.137. The average Bonchev–Trinajstić information content (AvgIpc) is 3.06. The van der Waals surface area contributed by atoms with Gasteiger partial charge in [-0.1, -0.05) is 62.2 Å². The summed E-state index contributed by atoms with van der Waals surface area (Å²) in [5.74, 6) is 0.0675. The highest BCUT2D eigenvalue weighted by Gasteiger charge is 2.49. The van der Waals surface area contributed by atoms with Crippen LogP contribution >= 0.6 is 0 Å². The van der Waals surface area contributed by atoms with E-state index in [0.29, 0.717) is 18.3 Å². The number of carbonyl (C=O) groups is 1. The van der Waals surface area contributed by atoms with E-state index in [2.05, 4.69) is 31.2 Å². The van der Waals surface area contributed by atoms with Crippen LogP contribution in [0.25, 0.3) is 0 Å². The molecule has 182 valence electrons. The number of unbranched alkanes of at least 4 members (excludes halogenated alkanes) is 2. The van der Waals surface area contributed by atoms with Crippen molar-refractivity contribution in [2.45, 2.75) is 102 Å². The fourth-order valence-electron chi connectivity index (χ4n) is 5.35. The molecule has 6 heteroatoms. The molecule has 1 heterocycles. The molecule has 1 saturated heterocycles. The number of hydrogen-bond donors (Lipinski definition) is 2. The predicted octanol–water partition coefficient (Wildman–Crippen LogP) is 5.67. The Bertz CT molecular complexity index is 724. The Labute approximate surface area is 199 Å². The lowest BCUT2D eigenvalue weighted by Crippen LogP contribution is -2.37. The second-order valence-electron chi connectivity index (χ2n) is 9.73. The van der Waals surface area contributed by atoms with Crippen LogP contribution in [-0.2, 0) is 20.5 Å². The summed E-state index contributed by atoms with van der Waals surface area (Å²) in [4.78, 5) is 10.7. The van der Waals surface area contributed by atoms with Crippen LogP contribution in [0.15, 0.2) is 42.5 Å². The molecule has 2 N–H and O–H groups in total. The smallest absolute Gasteiger partial charge is 0.457 e. The van der Waals surface area contributed by atoms with Crippen molar-refractivity contribution in [1.82, 2.24) is 0 Å². The van der Waals surface area contributed by atoms with Crippen LogP contribution < -0.4 is 0 Å². The van der Waals surface area contributed by atoms with Crippen molar-refractivity contribution in [3.8, 4) is 0 Å². The monoisotopic (exact) mass is 456 g/mol. The van der Waals surface area contributed by atoms with Crippen LogP contribution in [0.4, 0.5) is 0 Å². The van der Waals surface area contributed by atoms with E-state index in [1.54, 1.807) is 0 Å². The van der Waals surface area contributed by atoms with Gasteiger partial charge in [0.15, 0.2) is 0 Å². The van der Waals surface area contributed by atoms with Crippen molar-refractivity contribution in [2.75, 3.05) is 0 Å². The zero-order valence-corrected chi connectivity index (χ0v) is 20.1. The fourth-order valence-corrected chi connectivity index (χ4v) is 5.35. The average molecular weight is 456 g/mol. The number of aliphatic carboxylic acids is 1. The van der Waals surface area contributed by atoms with Gasteiger partial charge in [0.05, 0.1) is 6.10 Å². The molecule has 1 aliphatic heterocycles. The highest BCUT2D eigenvalue weighted by molar-refractivity contribution is 6.44. The Balaban J connectivity index is 1.52. The first-order valence-corrected chi connectivity index (χ1v) is 13.0. The normalized spacial score (nSPS) is 25.6. The van der Waals surface area contributed by atoms with Gasteiger partial charge >= 0.3 is 13.1 Å². The van der Waals surface area contributed by atoms with Gasteiger partial charge in [-0.05, 0) is 75.1 Å². The maximum atomic E-state index is 10.7. The molecule has 2 aliphatic rings. The van der Waals surface area contributed by atoms with Crippen LogP contribution in [0.3, 0.4) is 0 Å². The Hall–Kier alpha value is -1.63. The van der Waals surface area contributed by atoms with Gasteiger partial charge in [0.1, 0.15) is 0 Å². The van der Waals surface area contributed by atoms with Crippen molar-refractivity contribution in [3.05, 3.63) is 48.0 Å². The number of rotatable bonds is 15. The molecule has 2 bridgehead atoms. The lowest BCUT2D eigenvalue weighted by Gasteiger charge is -2.28. The third kappa shape index (κ3) is 8.58. The molecule has 5 nitrogen and oxygen atoms in total. The summed E-state index contributed by atoms with van der Waals surface area (Å²) in [6.45, 7) is 2.19. The minimum Gasteiger partial charge on any atom is -0.481 e. The summed E-state index contributed by atoms with van der Waals surface area (Å²) in [5, 5.41) is 19.4. The first kappa shape index (κ1) is 26.0. The summed E-state index contributed by atoms with van der Waals surface area (Å²) in [6.07, 6.45) is 14.7. The predicted molar refractivity (Wildman–Crippen MR) is 132 cm³/mol. The molecule has 0 aromatic heterocycles. The molecule has 1 saturated carbocycles. The molecule has 1 aromatic carbocycles. The van der Waals surface area contributed by atoms with Crippen LogP contribution in [0.1, 0.15) is 76.7 Å². The standard InChI is InChI=1S/C27H41BO5/c1-2-3-19-28-32-25-20-26(33-28)24(23(25)13-9-4-5-10-14-27(30)31)18-17-22(29)16-15-21-11-7-6-8-12-21/h4,6-9,11-12,22-26,29H,2-3,5,10,13-20H2,1H3,(H,30,31)/t22?,23-,24-,25+,26-/m1/s1. The summed E-state index contributed by atoms with van der Waals surface area (Å²) in [5.41, 5.74) is 1.27. The number of aliphatic hydroxyl groups is 1. The van der Waals surface area contributed by atoms with Crippen molar-refractivity contribution >= 4 is 13.1 Å².